The maximum Gasteiger partial charge on any atom is 0.246 e. The number of nitrogens with one attached hydrogen (secondary N) is 2. The molecule has 0 saturated carbocycles. The van der Waals surface area contributed by atoms with Crippen LogP contribution in [-0.2, 0) is 9.59 Å². The molecule has 0 radical (unpaired) electrons. The third-order valence-electron chi connectivity index (χ3n) is 1.85. The van der Waals surface area contributed by atoms with E-state index in [-0.39, 0.29) is 18.4 Å². The number of para-hydroxylation sites is 1. The Hall–Kier alpha value is -2.10. The lowest BCUT2D eigenvalue weighted by atomic mass is 10.3. The quantitative estimate of drug-likeness (QED) is 0.749. The Bertz CT molecular complexity index is 399. The lowest BCUT2D eigenvalue weighted by Gasteiger charge is -2.06. The average molecular weight is 218 g/mol. The van der Waals surface area contributed by atoms with Gasteiger partial charge in [-0.2, -0.15) is 0 Å². The van der Waals surface area contributed by atoms with E-state index in [2.05, 4.69) is 17.2 Å². The van der Waals surface area contributed by atoms with Crippen molar-refractivity contribution in [3.05, 3.63) is 42.5 Å². The zero-order valence-electron chi connectivity index (χ0n) is 9.12. The largest absolute Gasteiger partial charge is 0.343 e. The highest BCUT2D eigenvalue weighted by molar-refractivity contribution is 5.98. The second-order valence-corrected chi connectivity index (χ2v) is 3.38. The molecule has 0 saturated heterocycles. The topological polar surface area (TPSA) is 58.2 Å². The van der Waals surface area contributed by atoms with E-state index < -0.39 is 0 Å². The number of amides is 2. The zero-order chi connectivity index (χ0) is 12.0. The van der Waals surface area contributed by atoms with E-state index in [9.17, 15) is 9.59 Å². The van der Waals surface area contributed by atoms with Gasteiger partial charge in [-0.25, -0.2) is 0 Å². The number of benzene rings is 1. The first-order valence-electron chi connectivity index (χ1n) is 4.88. The first-order valence-corrected chi connectivity index (χ1v) is 4.88. The summed E-state index contributed by atoms with van der Waals surface area (Å²) in [5.41, 5.74) is 1.09. The summed E-state index contributed by atoms with van der Waals surface area (Å²) in [6, 6.07) is 9.06. The molecule has 84 valence electrons. The Morgan fingerprint density at radius 3 is 2.44 bits per heavy atom. The highest BCUT2D eigenvalue weighted by atomic mass is 16.2. The molecule has 1 aromatic carbocycles. The summed E-state index contributed by atoms with van der Waals surface area (Å²) in [4.78, 5) is 22.5. The molecule has 2 N–H and O–H groups in total. The van der Waals surface area contributed by atoms with E-state index in [1.54, 1.807) is 19.1 Å². The molecule has 1 rings (SSSR count). The monoisotopic (exact) mass is 218 g/mol. The number of anilines is 1. The Morgan fingerprint density at radius 1 is 1.25 bits per heavy atom. The summed E-state index contributed by atoms with van der Waals surface area (Å²) in [6.07, 6.45) is 0. The maximum absolute atomic E-state index is 11.4. The van der Waals surface area contributed by atoms with E-state index in [0.29, 0.717) is 11.3 Å². The van der Waals surface area contributed by atoms with Gasteiger partial charge in [-0.15, -0.1) is 0 Å². The molecule has 0 aliphatic heterocycles. The zero-order valence-corrected chi connectivity index (χ0v) is 9.12. The normalized spacial score (nSPS) is 9.31. The van der Waals surface area contributed by atoms with Gasteiger partial charge < -0.3 is 10.6 Å². The van der Waals surface area contributed by atoms with Crippen molar-refractivity contribution >= 4 is 17.5 Å². The number of hydrogen-bond donors (Lipinski definition) is 2. The fourth-order valence-electron chi connectivity index (χ4n) is 1.04. The fourth-order valence-corrected chi connectivity index (χ4v) is 1.04. The van der Waals surface area contributed by atoms with Crippen LogP contribution in [0.15, 0.2) is 42.5 Å². The summed E-state index contributed by atoms with van der Waals surface area (Å²) in [7, 11) is 0. The second kappa shape index (κ2) is 5.70. The van der Waals surface area contributed by atoms with Crippen LogP contribution in [0.3, 0.4) is 0 Å². The first kappa shape index (κ1) is 12.0. The van der Waals surface area contributed by atoms with Crippen LogP contribution in [0.5, 0.6) is 0 Å². The molecule has 0 bridgehead atoms. The first-order chi connectivity index (χ1) is 7.59. The molecule has 0 fully saturated rings. The van der Waals surface area contributed by atoms with Crippen molar-refractivity contribution in [1.29, 1.82) is 0 Å². The number of carbonyl (C=O) groups excluding carboxylic acids is 2. The van der Waals surface area contributed by atoms with Crippen molar-refractivity contribution in [1.82, 2.24) is 5.32 Å². The Labute approximate surface area is 94.4 Å². The van der Waals surface area contributed by atoms with Crippen molar-refractivity contribution in [2.75, 3.05) is 11.9 Å². The molecule has 0 heterocycles. The van der Waals surface area contributed by atoms with Gasteiger partial charge >= 0.3 is 0 Å². The molecular weight excluding hydrogens is 204 g/mol. The summed E-state index contributed by atoms with van der Waals surface area (Å²) in [5, 5.41) is 5.10. The second-order valence-electron chi connectivity index (χ2n) is 3.38. The highest BCUT2D eigenvalue weighted by Crippen LogP contribution is 2.03. The van der Waals surface area contributed by atoms with E-state index >= 15 is 0 Å². The van der Waals surface area contributed by atoms with Gasteiger partial charge in [0.1, 0.15) is 0 Å². The average Bonchev–Trinajstić information content (AvgIpc) is 2.27. The molecule has 4 heteroatoms. The van der Waals surface area contributed by atoms with Gasteiger partial charge in [0.2, 0.25) is 11.8 Å². The van der Waals surface area contributed by atoms with Crippen molar-refractivity contribution in [3.8, 4) is 0 Å². The summed E-state index contributed by atoms with van der Waals surface area (Å²) in [5.74, 6) is -0.580. The van der Waals surface area contributed by atoms with Gasteiger partial charge in [-0.3, -0.25) is 9.59 Å². The predicted octanol–water partition coefficient (Wildman–Crippen LogP) is 1.32. The lowest BCUT2D eigenvalue weighted by Crippen LogP contribution is -2.33. The van der Waals surface area contributed by atoms with Crippen molar-refractivity contribution in [3.63, 3.8) is 0 Å². The van der Waals surface area contributed by atoms with Crippen LogP contribution >= 0.6 is 0 Å². The van der Waals surface area contributed by atoms with Gasteiger partial charge in [0.15, 0.2) is 0 Å². The van der Waals surface area contributed by atoms with E-state index in [1.165, 1.54) is 0 Å². The number of rotatable bonds is 4. The molecule has 1 aromatic rings. The maximum atomic E-state index is 11.4. The van der Waals surface area contributed by atoms with Gasteiger partial charge in [0, 0.05) is 11.3 Å². The van der Waals surface area contributed by atoms with Crippen LogP contribution in [0.4, 0.5) is 5.69 Å². The molecule has 0 aliphatic rings. The summed E-state index contributed by atoms with van der Waals surface area (Å²) < 4.78 is 0. The Balaban J connectivity index is 2.37. The third kappa shape index (κ3) is 3.96. The molecule has 0 aromatic heterocycles. The van der Waals surface area contributed by atoms with E-state index in [1.807, 2.05) is 18.2 Å². The Kier molecular flexibility index (Phi) is 4.27. The lowest BCUT2D eigenvalue weighted by molar-refractivity contribution is -0.121. The van der Waals surface area contributed by atoms with Crippen molar-refractivity contribution < 1.29 is 9.59 Å². The highest BCUT2D eigenvalue weighted by Gasteiger charge is 2.05. The van der Waals surface area contributed by atoms with Gasteiger partial charge in [0.25, 0.3) is 0 Å². The molecule has 2 amide bonds. The summed E-state index contributed by atoms with van der Waals surface area (Å²) >= 11 is 0. The minimum atomic E-state index is -0.316. The van der Waals surface area contributed by atoms with Crippen molar-refractivity contribution in [2.45, 2.75) is 6.92 Å². The van der Waals surface area contributed by atoms with Crippen LogP contribution in [0.25, 0.3) is 0 Å². The molecule has 4 nitrogen and oxygen atoms in total. The predicted molar refractivity (Wildman–Crippen MR) is 62.9 cm³/mol. The van der Waals surface area contributed by atoms with Crippen LogP contribution in [0.1, 0.15) is 6.92 Å². The minimum absolute atomic E-state index is 0.0550. The van der Waals surface area contributed by atoms with Crippen molar-refractivity contribution in [2.24, 2.45) is 0 Å². The van der Waals surface area contributed by atoms with Gasteiger partial charge in [-0.1, -0.05) is 24.8 Å². The molecule has 16 heavy (non-hydrogen) atoms. The number of carbonyl (C=O) groups is 2. The van der Waals surface area contributed by atoms with Gasteiger partial charge in [0.05, 0.1) is 6.54 Å². The fraction of sp³-hybridized carbons (Fsp3) is 0.167. The Morgan fingerprint density at radius 2 is 1.88 bits per heavy atom. The van der Waals surface area contributed by atoms with E-state index in [4.69, 9.17) is 0 Å². The van der Waals surface area contributed by atoms with Crippen LogP contribution < -0.4 is 10.6 Å². The molecular formula is C12H14N2O2. The molecule has 0 unspecified atom stereocenters. The van der Waals surface area contributed by atoms with Crippen LogP contribution in [0.2, 0.25) is 0 Å². The van der Waals surface area contributed by atoms with Crippen LogP contribution in [-0.4, -0.2) is 18.4 Å². The number of hydrogen-bond acceptors (Lipinski definition) is 2. The van der Waals surface area contributed by atoms with Gasteiger partial charge in [-0.05, 0) is 19.1 Å². The van der Waals surface area contributed by atoms with E-state index in [0.717, 1.165) is 0 Å². The molecule has 0 atom stereocenters. The molecule has 0 aliphatic carbocycles. The smallest absolute Gasteiger partial charge is 0.246 e. The summed E-state index contributed by atoms with van der Waals surface area (Å²) in [6.45, 7) is 5.01. The minimum Gasteiger partial charge on any atom is -0.343 e. The van der Waals surface area contributed by atoms with Crippen LogP contribution in [0, 0.1) is 0 Å². The molecule has 0 spiro atoms. The SMILES string of the molecule is C=C(C)C(=O)NCC(=O)Nc1ccccc1. The third-order valence-corrected chi connectivity index (χ3v) is 1.85. The standard InChI is InChI=1S/C12H14N2O2/c1-9(2)12(16)13-8-11(15)14-10-6-4-3-5-7-10/h3-7H,1,8H2,2H3,(H,13,16)(H,14,15).